The molecule has 0 amide bonds. The summed E-state index contributed by atoms with van der Waals surface area (Å²) >= 11 is 0. The lowest BCUT2D eigenvalue weighted by Gasteiger charge is -2.26. The average molecular weight is 352 g/mol. The molecule has 4 aromatic rings. The summed E-state index contributed by atoms with van der Waals surface area (Å²) in [7, 11) is 0. The van der Waals surface area contributed by atoms with E-state index in [1.54, 1.807) is 0 Å². The van der Waals surface area contributed by atoms with Crippen LogP contribution in [0.25, 0.3) is 33.5 Å². The highest BCUT2D eigenvalue weighted by molar-refractivity contribution is 5.87. The molecule has 3 aromatic carbocycles. The molecule has 0 N–H and O–H groups in total. The number of fused-ring (bicyclic) bond motifs is 1. The lowest BCUT2D eigenvalue weighted by Crippen LogP contribution is -2.17. The Morgan fingerprint density at radius 3 is 1.89 bits per heavy atom. The van der Waals surface area contributed by atoms with Crippen molar-refractivity contribution in [1.29, 1.82) is 0 Å². The largest absolute Gasteiger partial charge is 0.244 e. The van der Waals surface area contributed by atoms with Crippen LogP contribution in [-0.4, -0.2) is 9.97 Å². The quantitative estimate of drug-likeness (QED) is 0.411. The number of benzene rings is 3. The molecule has 0 aliphatic carbocycles. The van der Waals surface area contributed by atoms with Crippen molar-refractivity contribution in [1.82, 2.24) is 9.97 Å². The first-order chi connectivity index (χ1) is 13.1. The van der Waals surface area contributed by atoms with Gasteiger partial charge in [-0.1, -0.05) is 87.5 Å². The molecule has 0 unspecified atom stereocenters. The molecule has 0 bridgehead atoms. The van der Waals surface area contributed by atoms with Crippen molar-refractivity contribution in [3.63, 3.8) is 0 Å². The Morgan fingerprint density at radius 1 is 0.667 bits per heavy atom. The lowest BCUT2D eigenvalue weighted by molar-refractivity contribution is 0.507. The zero-order valence-corrected chi connectivity index (χ0v) is 16.1. The molecule has 0 spiro atoms. The smallest absolute Gasteiger partial charge is 0.0976 e. The normalized spacial score (nSPS) is 11.7. The minimum atomic E-state index is 0.0673. The fourth-order valence-electron chi connectivity index (χ4n) is 3.46. The first-order valence-corrected chi connectivity index (χ1v) is 9.52. The second kappa shape index (κ2) is 6.96. The van der Waals surface area contributed by atoms with E-state index in [0.717, 1.165) is 34.4 Å². The molecule has 0 saturated carbocycles. The van der Waals surface area contributed by atoms with Crippen molar-refractivity contribution in [2.45, 2.75) is 32.6 Å². The van der Waals surface area contributed by atoms with Crippen molar-refractivity contribution in [2.75, 3.05) is 0 Å². The summed E-state index contributed by atoms with van der Waals surface area (Å²) in [4.78, 5) is 10.1. The maximum absolute atomic E-state index is 5.07. The van der Waals surface area contributed by atoms with Crippen molar-refractivity contribution in [3.8, 4) is 22.5 Å². The van der Waals surface area contributed by atoms with Gasteiger partial charge >= 0.3 is 0 Å². The van der Waals surface area contributed by atoms with E-state index in [2.05, 4.69) is 69.3 Å². The van der Waals surface area contributed by atoms with Gasteiger partial charge in [0.05, 0.1) is 22.4 Å². The van der Waals surface area contributed by atoms with Gasteiger partial charge in [0.15, 0.2) is 0 Å². The Balaban J connectivity index is 2.05. The fraction of sp³-hybridized carbons (Fsp3) is 0.200. The van der Waals surface area contributed by atoms with E-state index < -0.39 is 0 Å². The Bertz CT molecular complexity index is 1080. The first kappa shape index (κ1) is 17.4. The van der Waals surface area contributed by atoms with Gasteiger partial charge < -0.3 is 0 Å². The number of aromatic nitrogens is 2. The Labute approximate surface area is 160 Å². The molecule has 2 heteroatoms. The van der Waals surface area contributed by atoms with Gasteiger partial charge in [0.1, 0.15) is 0 Å². The van der Waals surface area contributed by atoms with Crippen LogP contribution in [0.5, 0.6) is 0 Å². The fourth-order valence-corrected chi connectivity index (χ4v) is 3.46. The van der Waals surface area contributed by atoms with Crippen molar-refractivity contribution in [2.24, 2.45) is 0 Å². The van der Waals surface area contributed by atoms with Gasteiger partial charge in [-0.05, 0) is 29.5 Å². The van der Waals surface area contributed by atoms with E-state index in [9.17, 15) is 0 Å². The molecule has 0 radical (unpaired) electrons. The van der Waals surface area contributed by atoms with E-state index in [1.807, 2.05) is 30.3 Å². The molecule has 0 atom stereocenters. The van der Waals surface area contributed by atoms with E-state index in [4.69, 9.17) is 9.97 Å². The highest BCUT2D eigenvalue weighted by Crippen LogP contribution is 2.38. The van der Waals surface area contributed by atoms with Gasteiger partial charge in [-0.2, -0.15) is 0 Å². The number of para-hydroxylation sites is 2. The Kier molecular flexibility index (Phi) is 4.49. The van der Waals surface area contributed by atoms with Crippen LogP contribution in [0.2, 0.25) is 0 Å². The van der Waals surface area contributed by atoms with Gasteiger partial charge in [0.25, 0.3) is 0 Å². The Morgan fingerprint density at radius 2 is 1.22 bits per heavy atom. The summed E-state index contributed by atoms with van der Waals surface area (Å²) in [5, 5.41) is 0. The van der Waals surface area contributed by atoms with Crippen LogP contribution in [0.4, 0.5) is 0 Å². The predicted molar refractivity (Wildman–Crippen MR) is 114 cm³/mol. The second-order valence-electron chi connectivity index (χ2n) is 7.56. The maximum Gasteiger partial charge on any atom is 0.0976 e. The van der Waals surface area contributed by atoms with Crippen LogP contribution in [0, 0.1) is 0 Å². The van der Waals surface area contributed by atoms with Crippen LogP contribution in [-0.2, 0) is 5.41 Å². The molecule has 134 valence electrons. The van der Waals surface area contributed by atoms with Gasteiger partial charge in [0, 0.05) is 11.1 Å². The zero-order valence-electron chi connectivity index (χ0n) is 16.1. The second-order valence-corrected chi connectivity index (χ2v) is 7.56. The van der Waals surface area contributed by atoms with E-state index in [1.165, 1.54) is 11.1 Å². The summed E-state index contributed by atoms with van der Waals surface area (Å²) in [6.45, 7) is 6.83. The van der Waals surface area contributed by atoms with E-state index in [0.29, 0.717) is 0 Å². The highest BCUT2D eigenvalue weighted by atomic mass is 14.8. The third-order valence-corrected chi connectivity index (χ3v) is 5.41. The molecule has 4 rings (SSSR count). The standard InChI is InChI=1S/C25H24N2/c1-4-25(2,3)20-15-9-8-14-19(20)24-23(18-12-6-5-7-13-18)26-21-16-10-11-17-22(21)27-24/h5-17H,4H2,1-3H3. The third-order valence-electron chi connectivity index (χ3n) is 5.41. The number of hydrogen-bond donors (Lipinski definition) is 0. The monoisotopic (exact) mass is 352 g/mol. The summed E-state index contributed by atoms with van der Waals surface area (Å²) in [5.41, 5.74) is 7.39. The molecule has 2 nitrogen and oxygen atoms in total. The molecule has 0 saturated heterocycles. The molecule has 1 heterocycles. The summed E-state index contributed by atoms with van der Waals surface area (Å²) < 4.78 is 0. The lowest BCUT2D eigenvalue weighted by atomic mass is 9.78. The molecule has 0 aliphatic rings. The third kappa shape index (κ3) is 3.23. The summed E-state index contributed by atoms with van der Waals surface area (Å²) in [6.07, 6.45) is 1.06. The van der Waals surface area contributed by atoms with Crippen molar-refractivity contribution < 1.29 is 0 Å². The van der Waals surface area contributed by atoms with Crippen LogP contribution >= 0.6 is 0 Å². The van der Waals surface area contributed by atoms with Gasteiger partial charge in [-0.3, -0.25) is 0 Å². The van der Waals surface area contributed by atoms with Crippen LogP contribution in [0.15, 0.2) is 78.9 Å². The molecule has 0 aliphatic heterocycles. The maximum atomic E-state index is 5.07. The van der Waals surface area contributed by atoms with Crippen molar-refractivity contribution in [3.05, 3.63) is 84.4 Å². The zero-order chi connectivity index (χ0) is 18.9. The van der Waals surface area contributed by atoms with Gasteiger partial charge in [0.2, 0.25) is 0 Å². The number of hydrogen-bond acceptors (Lipinski definition) is 2. The summed E-state index contributed by atoms with van der Waals surface area (Å²) in [6, 6.07) is 27.1. The topological polar surface area (TPSA) is 25.8 Å². The minimum Gasteiger partial charge on any atom is -0.244 e. The minimum absolute atomic E-state index is 0.0673. The van der Waals surface area contributed by atoms with E-state index >= 15 is 0 Å². The molecular weight excluding hydrogens is 328 g/mol. The van der Waals surface area contributed by atoms with Crippen LogP contribution in [0.3, 0.4) is 0 Å². The van der Waals surface area contributed by atoms with E-state index in [-0.39, 0.29) is 5.41 Å². The molecule has 0 fully saturated rings. The van der Waals surface area contributed by atoms with Crippen molar-refractivity contribution >= 4 is 11.0 Å². The number of rotatable bonds is 4. The molecule has 1 aromatic heterocycles. The molecule has 27 heavy (non-hydrogen) atoms. The van der Waals surface area contributed by atoms with Gasteiger partial charge in [-0.15, -0.1) is 0 Å². The predicted octanol–water partition coefficient (Wildman–Crippen LogP) is 6.65. The Hall–Kier alpha value is -3.00. The number of nitrogens with zero attached hydrogens (tertiary/aromatic N) is 2. The summed E-state index contributed by atoms with van der Waals surface area (Å²) in [5.74, 6) is 0. The van der Waals surface area contributed by atoms with Gasteiger partial charge in [-0.25, -0.2) is 9.97 Å². The first-order valence-electron chi connectivity index (χ1n) is 9.52. The molecular formula is C25H24N2. The average Bonchev–Trinajstić information content (AvgIpc) is 2.73. The van der Waals surface area contributed by atoms with Crippen LogP contribution in [0.1, 0.15) is 32.8 Å². The SMILES string of the molecule is CCC(C)(C)c1ccccc1-c1nc2ccccc2nc1-c1ccccc1. The highest BCUT2D eigenvalue weighted by Gasteiger charge is 2.24. The van der Waals surface area contributed by atoms with Crippen LogP contribution < -0.4 is 0 Å².